The number of ether oxygens (including phenoxy) is 1. The van der Waals surface area contributed by atoms with Gasteiger partial charge in [-0.2, -0.15) is 0 Å². The molecule has 100 valence electrons. The molecule has 0 bridgehead atoms. The molecule has 1 atom stereocenters. The van der Waals surface area contributed by atoms with Crippen molar-refractivity contribution in [2.45, 2.75) is 6.10 Å². The number of nitrogens with two attached hydrogens (primary N) is 1. The van der Waals surface area contributed by atoms with Gasteiger partial charge in [0.2, 0.25) is 0 Å². The van der Waals surface area contributed by atoms with Crippen molar-refractivity contribution < 1.29 is 28.4 Å². The highest BCUT2D eigenvalue weighted by molar-refractivity contribution is 7.46. The Hall–Kier alpha value is -1.24. The summed E-state index contributed by atoms with van der Waals surface area (Å²) in [5.74, 6) is -0.625. The first-order valence-electron chi connectivity index (χ1n) is 5.08. The molecular weight excluding hydrogens is 261 g/mol. The summed E-state index contributed by atoms with van der Waals surface area (Å²) in [6, 6.07) is 8.19. The minimum atomic E-state index is -4.59. The minimum absolute atomic E-state index is 0.0986. The van der Waals surface area contributed by atoms with E-state index in [1.165, 1.54) is 0 Å². The molecule has 0 amide bonds. The lowest BCUT2D eigenvalue weighted by Crippen LogP contribution is -2.30. The Labute approximate surface area is 104 Å². The second-order valence-electron chi connectivity index (χ2n) is 3.42. The summed E-state index contributed by atoms with van der Waals surface area (Å²) in [5.41, 5.74) is 5.64. The molecule has 1 unspecified atom stereocenters. The number of esters is 1. The number of hydrogen-bond acceptors (Lipinski definition) is 5. The van der Waals surface area contributed by atoms with E-state index >= 15 is 0 Å². The first-order chi connectivity index (χ1) is 8.42. The molecule has 7 nitrogen and oxygen atoms in total. The lowest BCUT2D eigenvalue weighted by atomic mass is 10.2. The molecule has 4 N–H and O–H groups in total. The molecule has 0 saturated heterocycles. The lowest BCUT2D eigenvalue weighted by Gasteiger charge is -2.16. The number of carbonyl (C=O) groups excluding carboxylic acids is 1. The largest absolute Gasteiger partial charge is 0.469 e. The molecule has 18 heavy (non-hydrogen) atoms. The van der Waals surface area contributed by atoms with E-state index in [0.29, 0.717) is 5.56 Å². The highest BCUT2D eigenvalue weighted by atomic mass is 31.2. The Kier molecular flexibility index (Phi) is 5.46. The van der Waals surface area contributed by atoms with Gasteiger partial charge in [0.15, 0.2) is 0 Å². The summed E-state index contributed by atoms with van der Waals surface area (Å²) in [5, 5.41) is 0. The zero-order valence-corrected chi connectivity index (χ0v) is 10.3. The molecule has 1 rings (SSSR count). The van der Waals surface area contributed by atoms with Gasteiger partial charge in [-0.25, -0.2) is 9.36 Å². The van der Waals surface area contributed by atoms with Crippen LogP contribution in [0, 0.1) is 0 Å². The Bertz CT molecular complexity index is 431. The van der Waals surface area contributed by atoms with E-state index in [0.717, 1.165) is 0 Å². The molecule has 0 spiro atoms. The summed E-state index contributed by atoms with van der Waals surface area (Å²) in [6.07, 6.45) is -0.912. The summed E-state index contributed by atoms with van der Waals surface area (Å²) in [7, 11) is -4.59. The fraction of sp³-hybridized carbons (Fsp3) is 0.300. The Morgan fingerprint density at radius 2 is 1.94 bits per heavy atom. The normalized spacial score (nSPS) is 13.1. The van der Waals surface area contributed by atoms with Crippen LogP contribution in [0.2, 0.25) is 0 Å². The number of rotatable bonds is 6. The summed E-state index contributed by atoms with van der Waals surface area (Å²) in [4.78, 5) is 28.7. The van der Waals surface area contributed by atoms with Gasteiger partial charge in [0, 0.05) is 6.54 Å². The maximum atomic E-state index is 11.6. The van der Waals surface area contributed by atoms with Gasteiger partial charge >= 0.3 is 13.8 Å². The molecule has 0 saturated carbocycles. The van der Waals surface area contributed by atoms with Crippen molar-refractivity contribution in [3.63, 3.8) is 0 Å². The first-order valence-corrected chi connectivity index (χ1v) is 6.61. The predicted molar refractivity (Wildman–Crippen MR) is 62.7 cm³/mol. The quantitative estimate of drug-likeness (QED) is 0.504. The van der Waals surface area contributed by atoms with Gasteiger partial charge in [-0.15, -0.1) is 0 Å². The van der Waals surface area contributed by atoms with E-state index in [1.807, 2.05) is 0 Å². The van der Waals surface area contributed by atoms with Crippen LogP contribution in [0.4, 0.5) is 0 Å². The van der Waals surface area contributed by atoms with Crippen molar-refractivity contribution in [2.75, 3.05) is 13.2 Å². The highest BCUT2D eigenvalue weighted by Crippen LogP contribution is 2.35. The highest BCUT2D eigenvalue weighted by Gasteiger charge is 2.20. The minimum Gasteiger partial charge on any atom is -0.455 e. The third-order valence-corrected chi connectivity index (χ3v) is 2.46. The van der Waals surface area contributed by atoms with Crippen LogP contribution in [0.25, 0.3) is 0 Å². The van der Waals surface area contributed by atoms with Crippen LogP contribution in [0.5, 0.6) is 0 Å². The van der Waals surface area contributed by atoms with Crippen LogP contribution < -0.4 is 5.73 Å². The van der Waals surface area contributed by atoms with Gasteiger partial charge < -0.3 is 20.3 Å². The number of hydrogen-bond donors (Lipinski definition) is 3. The Morgan fingerprint density at radius 3 is 2.44 bits per heavy atom. The van der Waals surface area contributed by atoms with Gasteiger partial charge in [-0.05, 0) is 12.1 Å². The van der Waals surface area contributed by atoms with Gasteiger partial charge in [0.25, 0.3) is 0 Å². The standard InChI is InChI=1S/C10H14NO6P/c11-6-9(7-16-18(13,14)15)17-10(12)8-4-2-1-3-5-8/h1-5,9H,6-7,11H2,(H2,13,14,15). The van der Waals surface area contributed by atoms with E-state index in [4.69, 9.17) is 20.3 Å². The van der Waals surface area contributed by atoms with Gasteiger partial charge in [-0.1, -0.05) is 18.2 Å². The number of phosphoric ester groups is 1. The molecule has 0 aliphatic heterocycles. The van der Waals surface area contributed by atoms with Crippen LogP contribution in [0.15, 0.2) is 30.3 Å². The summed E-state index contributed by atoms with van der Waals surface area (Å²) < 4.78 is 19.7. The van der Waals surface area contributed by atoms with E-state index < -0.39 is 26.5 Å². The fourth-order valence-electron chi connectivity index (χ4n) is 1.12. The van der Waals surface area contributed by atoms with E-state index in [1.54, 1.807) is 30.3 Å². The van der Waals surface area contributed by atoms with Crippen molar-refractivity contribution in [1.29, 1.82) is 0 Å². The van der Waals surface area contributed by atoms with Crippen LogP contribution in [-0.4, -0.2) is 35.0 Å². The van der Waals surface area contributed by atoms with Crippen LogP contribution in [0.3, 0.4) is 0 Å². The summed E-state index contributed by atoms with van der Waals surface area (Å²) >= 11 is 0. The smallest absolute Gasteiger partial charge is 0.455 e. The van der Waals surface area contributed by atoms with E-state index in [9.17, 15) is 9.36 Å². The summed E-state index contributed by atoms with van der Waals surface area (Å²) in [6.45, 7) is -0.558. The van der Waals surface area contributed by atoms with Gasteiger partial charge in [0.05, 0.1) is 12.2 Å². The second-order valence-corrected chi connectivity index (χ2v) is 4.65. The molecule has 0 aromatic heterocycles. The first kappa shape index (κ1) is 14.8. The van der Waals surface area contributed by atoms with Crippen molar-refractivity contribution in [3.05, 3.63) is 35.9 Å². The van der Waals surface area contributed by atoms with Crippen LogP contribution in [-0.2, 0) is 13.8 Å². The van der Waals surface area contributed by atoms with Crippen molar-refractivity contribution in [3.8, 4) is 0 Å². The monoisotopic (exact) mass is 275 g/mol. The molecule has 0 radical (unpaired) electrons. The molecule has 1 aromatic rings. The number of phosphoric acid groups is 1. The van der Waals surface area contributed by atoms with E-state index in [-0.39, 0.29) is 6.54 Å². The maximum absolute atomic E-state index is 11.6. The number of carbonyl (C=O) groups is 1. The molecule has 1 aromatic carbocycles. The fourth-order valence-corrected chi connectivity index (χ4v) is 1.48. The van der Waals surface area contributed by atoms with Crippen molar-refractivity contribution in [2.24, 2.45) is 5.73 Å². The topological polar surface area (TPSA) is 119 Å². The van der Waals surface area contributed by atoms with Crippen molar-refractivity contribution >= 4 is 13.8 Å². The Balaban J connectivity index is 2.53. The third-order valence-electron chi connectivity index (χ3n) is 1.97. The average Bonchev–Trinajstić information content (AvgIpc) is 2.34. The maximum Gasteiger partial charge on any atom is 0.469 e. The molecule has 0 aliphatic rings. The molecule has 0 fully saturated rings. The molecule has 8 heteroatoms. The lowest BCUT2D eigenvalue weighted by molar-refractivity contribution is 0.0160. The van der Waals surface area contributed by atoms with Crippen LogP contribution >= 0.6 is 7.82 Å². The third kappa shape index (κ3) is 5.39. The molecule has 0 heterocycles. The zero-order chi connectivity index (χ0) is 13.6. The van der Waals surface area contributed by atoms with E-state index in [2.05, 4.69) is 4.52 Å². The van der Waals surface area contributed by atoms with Crippen molar-refractivity contribution in [1.82, 2.24) is 0 Å². The average molecular weight is 275 g/mol. The molecule has 0 aliphatic carbocycles. The van der Waals surface area contributed by atoms with Gasteiger partial charge in [-0.3, -0.25) is 4.52 Å². The van der Waals surface area contributed by atoms with Gasteiger partial charge in [0.1, 0.15) is 6.10 Å². The van der Waals surface area contributed by atoms with Crippen LogP contribution in [0.1, 0.15) is 10.4 Å². The molecular formula is C10H14NO6P. The second kappa shape index (κ2) is 6.63. The SMILES string of the molecule is NCC(COP(=O)(O)O)OC(=O)c1ccccc1. The zero-order valence-electron chi connectivity index (χ0n) is 9.43. The predicted octanol–water partition coefficient (Wildman–Crippen LogP) is 0.280. The number of benzene rings is 1. The Morgan fingerprint density at radius 1 is 1.33 bits per heavy atom.